The van der Waals surface area contributed by atoms with E-state index in [1.807, 2.05) is 0 Å². The lowest BCUT2D eigenvalue weighted by Crippen LogP contribution is -2.33. The molecule has 1 aromatic rings. The molecule has 39 heavy (non-hydrogen) atoms. The Hall–Kier alpha value is -1.98. The predicted octanol–water partition coefficient (Wildman–Crippen LogP) is 5.27. The number of aryl methyl sites for hydroxylation is 1. The van der Waals surface area contributed by atoms with Gasteiger partial charge in [0.2, 0.25) is 0 Å². The highest BCUT2D eigenvalue weighted by Gasteiger charge is 2.38. The third-order valence-electron chi connectivity index (χ3n) is 6.57. The number of hydrogen-bond acceptors (Lipinski definition) is 8. The molecule has 1 fully saturated rings. The molecule has 0 aliphatic carbocycles. The van der Waals surface area contributed by atoms with Gasteiger partial charge in [-0.2, -0.15) is 0 Å². The number of azide groups is 1. The molecule has 0 radical (unpaired) electrons. The normalized spacial score (nSPS) is 21.4. The van der Waals surface area contributed by atoms with Crippen LogP contribution in [0.15, 0.2) is 20.9 Å². The van der Waals surface area contributed by atoms with Crippen molar-refractivity contribution in [3.8, 4) is 0 Å². The Kier molecular flexibility index (Phi) is 15.0. The number of phosphoric ester groups is 1. The highest BCUT2D eigenvalue weighted by molar-refractivity contribution is 7.47. The molecule has 1 aliphatic rings. The van der Waals surface area contributed by atoms with Gasteiger partial charge in [-0.1, -0.05) is 69.8 Å². The van der Waals surface area contributed by atoms with Gasteiger partial charge in [-0.3, -0.25) is 23.4 Å². The molecule has 222 valence electrons. The van der Waals surface area contributed by atoms with Crippen molar-refractivity contribution in [2.24, 2.45) is 5.11 Å². The molecule has 0 aromatic carbocycles. The van der Waals surface area contributed by atoms with Gasteiger partial charge < -0.3 is 14.4 Å². The van der Waals surface area contributed by atoms with E-state index in [1.54, 1.807) is 6.92 Å². The second-order valence-electron chi connectivity index (χ2n) is 10.1. The quantitative estimate of drug-likeness (QED) is 0.0696. The molecule has 2 heterocycles. The van der Waals surface area contributed by atoms with Gasteiger partial charge in [0.1, 0.15) is 6.23 Å². The van der Waals surface area contributed by atoms with Crippen LogP contribution in [0.5, 0.6) is 0 Å². The Morgan fingerprint density at radius 2 is 1.85 bits per heavy atom. The van der Waals surface area contributed by atoms with Gasteiger partial charge >= 0.3 is 13.5 Å². The third kappa shape index (κ3) is 12.4. The maximum atomic E-state index is 12.5. The first-order valence-corrected chi connectivity index (χ1v) is 15.4. The van der Waals surface area contributed by atoms with Crippen LogP contribution in [0.25, 0.3) is 10.4 Å². The van der Waals surface area contributed by atoms with Crippen LogP contribution >= 0.6 is 7.82 Å². The number of unbranched alkanes of at least 4 members (excludes halogenated alkanes) is 9. The van der Waals surface area contributed by atoms with Gasteiger partial charge in [0.15, 0.2) is 0 Å². The van der Waals surface area contributed by atoms with E-state index < -0.39 is 50.2 Å². The molecule has 2 N–H and O–H groups in total. The standard InChI is InChI=1S/C25H44N5O8P/c1-4-5-6-7-8-9-10-11-12-13-14-35-17-20(3)38-39(33,34)36-18-22-21(28-29-26)15-23(37-22)30-16-19(2)24(31)27-25(30)32/h16,20-23H,4-15,17-18H2,1-3H3,(H,33,34)(H,27,31,32)/t20-,21?,22?,23?/m0/s1. The predicted molar refractivity (Wildman–Crippen MR) is 147 cm³/mol. The topological polar surface area (TPSA) is 178 Å². The molecule has 1 aromatic heterocycles. The zero-order valence-electron chi connectivity index (χ0n) is 23.3. The van der Waals surface area contributed by atoms with Crippen LogP contribution in [0, 0.1) is 6.92 Å². The second kappa shape index (κ2) is 17.7. The van der Waals surface area contributed by atoms with Crippen molar-refractivity contribution in [3.05, 3.63) is 43.0 Å². The molecule has 13 nitrogen and oxygen atoms in total. The first-order valence-electron chi connectivity index (χ1n) is 13.9. The summed E-state index contributed by atoms with van der Waals surface area (Å²) in [5.41, 5.74) is 8.00. The molecule has 0 bridgehead atoms. The summed E-state index contributed by atoms with van der Waals surface area (Å²) >= 11 is 0. The summed E-state index contributed by atoms with van der Waals surface area (Å²) in [6.45, 7) is 5.66. The number of H-pyrrole nitrogens is 1. The van der Waals surface area contributed by atoms with Gasteiger partial charge in [-0.05, 0) is 25.8 Å². The van der Waals surface area contributed by atoms with Crippen molar-refractivity contribution in [3.63, 3.8) is 0 Å². The lowest BCUT2D eigenvalue weighted by Gasteiger charge is -2.21. The van der Waals surface area contributed by atoms with E-state index in [1.165, 1.54) is 69.1 Å². The summed E-state index contributed by atoms with van der Waals surface area (Å²) in [5, 5.41) is 3.66. The number of nitrogens with zero attached hydrogens (tertiary/aromatic N) is 4. The van der Waals surface area contributed by atoms with Crippen molar-refractivity contribution < 1.29 is 28.0 Å². The van der Waals surface area contributed by atoms with Crippen LogP contribution in [-0.2, 0) is 23.1 Å². The SMILES string of the molecule is CCCCCCCCCCCCOC[C@H](C)OP(=O)(O)OCC1OC(n2cc(C)c(=O)[nH]c2=O)CC1N=[N+]=[N-]. The summed E-state index contributed by atoms with van der Waals surface area (Å²) in [4.78, 5) is 39.0. The molecule has 5 atom stereocenters. The van der Waals surface area contributed by atoms with Gasteiger partial charge in [0.25, 0.3) is 5.56 Å². The molecule has 0 amide bonds. The molecule has 0 spiro atoms. The Bertz CT molecular complexity index is 1070. The summed E-state index contributed by atoms with van der Waals surface area (Å²) in [6, 6.07) is -0.763. The fraction of sp³-hybridized carbons (Fsp3) is 0.840. The number of hydrogen-bond donors (Lipinski definition) is 2. The number of aromatic amines is 1. The van der Waals surface area contributed by atoms with Crippen molar-refractivity contribution in [2.75, 3.05) is 19.8 Å². The molecule has 1 saturated heterocycles. The van der Waals surface area contributed by atoms with Crippen LogP contribution in [0.3, 0.4) is 0 Å². The van der Waals surface area contributed by atoms with E-state index in [2.05, 4.69) is 21.9 Å². The zero-order valence-corrected chi connectivity index (χ0v) is 24.2. The Morgan fingerprint density at radius 1 is 1.21 bits per heavy atom. The van der Waals surface area contributed by atoms with Gasteiger partial charge in [-0.15, -0.1) is 0 Å². The summed E-state index contributed by atoms with van der Waals surface area (Å²) in [5.74, 6) is 0. The minimum Gasteiger partial charge on any atom is -0.379 e. The van der Waals surface area contributed by atoms with Crippen molar-refractivity contribution in [2.45, 2.75) is 116 Å². The number of aromatic nitrogens is 2. The molecular weight excluding hydrogens is 529 g/mol. The first kappa shape index (κ1) is 33.2. The first-order chi connectivity index (χ1) is 18.7. The average molecular weight is 574 g/mol. The monoisotopic (exact) mass is 573 g/mol. The summed E-state index contributed by atoms with van der Waals surface area (Å²) in [6.07, 6.45) is 11.3. The highest BCUT2D eigenvalue weighted by atomic mass is 31.2. The van der Waals surface area contributed by atoms with E-state index in [9.17, 15) is 19.0 Å². The third-order valence-corrected chi connectivity index (χ3v) is 7.67. The highest BCUT2D eigenvalue weighted by Crippen LogP contribution is 2.45. The van der Waals surface area contributed by atoms with E-state index in [-0.39, 0.29) is 13.0 Å². The summed E-state index contributed by atoms with van der Waals surface area (Å²) in [7, 11) is -4.46. The van der Waals surface area contributed by atoms with Gasteiger partial charge in [0, 0.05) is 29.7 Å². The lowest BCUT2D eigenvalue weighted by atomic mass is 10.1. The van der Waals surface area contributed by atoms with Crippen LogP contribution < -0.4 is 11.2 Å². The van der Waals surface area contributed by atoms with Crippen molar-refractivity contribution in [1.29, 1.82) is 0 Å². The number of nitrogens with one attached hydrogen (secondary N) is 1. The Morgan fingerprint density at radius 3 is 2.49 bits per heavy atom. The maximum absolute atomic E-state index is 12.5. The number of ether oxygens (including phenoxy) is 2. The fourth-order valence-electron chi connectivity index (χ4n) is 4.42. The molecule has 14 heteroatoms. The van der Waals surface area contributed by atoms with Crippen molar-refractivity contribution in [1.82, 2.24) is 9.55 Å². The van der Waals surface area contributed by atoms with Crippen molar-refractivity contribution >= 4 is 7.82 Å². The Labute approximate surface area is 229 Å². The molecule has 0 saturated carbocycles. The van der Waals surface area contributed by atoms with Crippen LogP contribution in [0.1, 0.15) is 96.3 Å². The minimum absolute atomic E-state index is 0.114. The maximum Gasteiger partial charge on any atom is 0.472 e. The van der Waals surface area contributed by atoms with Gasteiger partial charge in [0.05, 0.1) is 31.5 Å². The van der Waals surface area contributed by atoms with E-state index >= 15 is 0 Å². The molecule has 2 rings (SSSR count). The van der Waals surface area contributed by atoms with E-state index in [4.69, 9.17) is 24.1 Å². The van der Waals surface area contributed by atoms with Crippen LogP contribution in [0.4, 0.5) is 0 Å². The zero-order chi connectivity index (χ0) is 28.7. The Balaban J connectivity index is 1.69. The number of phosphoric acid groups is 1. The van der Waals surface area contributed by atoms with E-state index in [0.29, 0.717) is 12.2 Å². The fourth-order valence-corrected chi connectivity index (χ4v) is 5.33. The van der Waals surface area contributed by atoms with Gasteiger partial charge in [-0.25, -0.2) is 9.36 Å². The molecular formula is C25H44N5O8P. The average Bonchev–Trinajstić information content (AvgIpc) is 3.28. The smallest absolute Gasteiger partial charge is 0.379 e. The van der Waals surface area contributed by atoms with Crippen LogP contribution in [-0.4, -0.2) is 52.5 Å². The summed E-state index contributed by atoms with van der Waals surface area (Å²) < 4.78 is 35.3. The van der Waals surface area contributed by atoms with Crippen LogP contribution in [0.2, 0.25) is 0 Å². The molecule has 4 unspecified atom stereocenters. The largest absolute Gasteiger partial charge is 0.472 e. The number of rotatable bonds is 20. The molecule has 1 aliphatic heterocycles. The minimum atomic E-state index is -4.46. The van der Waals surface area contributed by atoms with E-state index in [0.717, 1.165) is 12.8 Å². The lowest BCUT2D eigenvalue weighted by molar-refractivity contribution is -0.0325. The second-order valence-corrected chi connectivity index (χ2v) is 11.5.